The molecule has 2 aliphatic heterocycles. The Morgan fingerprint density at radius 2 is 1.73 bits per heavy atom. The molecule has 3 fully saturated rings. The van der Waals surface area contributed by atoms with Crippen LogP contribution in [0.25, 0.3) is 0 Å². The average molecular weight is 543 g/mol. The van der Waals surface area contributed by atoms with Crippen LogP contribution in [0.3, 0.4) is 0 Å². The van der Waals surface area contributed by atoms with Crippen molar-refractivity contribution in [3.05, 3.63) is 40.9 Å². The van der Waals surface area contributed by atoms with Crippen molar-refractivity contribution < 1.29 is 4.74 Å². The highest BCUT2D eigenvalue weighted by Gasteiger charge is 2.34. The Hall–Kier alpha value is -2.16. The van der Waals surface area contributed by atoms with Gasteiger partial charge < -0.3 is 25.2 Å². The van der Waals surface area contributed by atoms with E-state index in [2.05, 4.69) is 45.6 Å². The number of thiocarbonyl (C=S) groups is 1. The minimum Gasteiger partial charge on any atom is -0.378 e. The van der Waals surface area contributed by atoms with Crippen LogP contribution in [0, 0.1) is 5.92 Å². The molecule has 5 rings (SSSR count). The van der Waals surface area contributed by atoms with Crippen LogP contribution >= 0.6 is 23.8 Å². The second-order valence-electron chi connectivity index (χ2n) is 10.9. The third-order valence-corrected chi connectivity index (χ3v) is 8.59. The van der Waals surface area contributed by atoms with Crippen LogP contribution in [-0.2, 0) is 10.2 Å². The van der Waals surface area contributed by atoms with Crippen molar-refractivity contribution in [2.45, 2.75) is 57.3 Å². The van der Waals surface area contributed by atoms with E-state index in [1.165, 1.54) is 37.7 Å². The maximum atomic E-state index is 6.19. The second-order valence-corrected chi connectivity index (χ2v) is 11.7. The summed E-state index contributed by atoms with van der Waals surface area (Å²) >= 11 is 12.0. The first-order chi connectivity index (χ1) is 18.0. The molecule has 1 aromatic carbocycles. The molecular formula is C28H39ClN6OS. The number of hydrogen-bond donors (Lipinski definition) is 2. The van der Waals surface area contributed by atoms with Gasteiger partial charge in [0.2, 0.25) is 5.95 Å². The highest BCUT2D eigenvalue weighted by Crippen LogP contribution is 2.39. The Morgan fingerprint density at radius 3 is 2.43 bits per heavy atom. The average Bonchev–Trinajstić information content (AvgIpc) is 2.93. The number of nitrogens with zero attached hydrogens (tertiary/aromatic N) is 4. The number of piperidine rings is 1. The van der Waals surface area contributed by atoms with Crippen molar-refractivity contribution in [3.8, 4) is 0 Å². The van der Waals surface area contributed by atoms with E-state index in [9.17, 15) is 0 Å². The Labute approximate surface area is 231 Å². The van der Waals surface area contributed by atoms with Gasteiger partial charge in [-0.05, 0) is 61.5 Å². The van der Waals surface area contributed by atoms with E-state index >= 15 is 0 Å². The summed E-state index contributed by atoms with van der Waals surface area (Å²) in [6.07, 6.45) is 8.49. The number of morpholine rings is 1. The highest BCUT2D eigenvalue weighted by molar-refractivity contribution is 7.80. The number of anilines is 3. The number of nitrogens with one attached hydrogen (secondary N) is 2. The Balaban J connectivity index is 1.32. The first-order valence-corrected chi connectivity index (χ1v) is 14.6. The zero-order valence-corrected chi connectivity index (χ0v) is 23.4. The Bertz CT molecular complexity index is 1060. The van der Waals surface area contributed by atoms with Gasteiger partial charge in [-0.3, -0.25) is 0 Å². The molecule has 0 spiro atoms. The van der Waals surface area contributed by atoms with Gasteiger partial charge in [0.25, 0.3) is 0 Å². The van der Waals surface area contributed by atoms with Gasteiger partial charge in [-0.25, -0.2) is 0 Å². The number of aromatic nitrogens is 2. The number of benzene rings is 1. The molecule has 0 bridgehead atoms. The minimum absolute atomic E-state index is 0.0557. The Morgan fingerprint density at radius 1 is 1.03 bits per heavy atom. The van der Waals surface area contributed by atoms with Gasteiger partial charge in [-0.15, -0.1) is 0 Å². The van der Waals surface area contributed by atoms with Crippen LogP contribution in [0.4, 0.5) is 17.6 Å². The standard InChI is InChI=1S/C28H39ClN6OS/c1-21-6-5-13-35(19-21)25-18-24(34-14-16-36-17-15-34)31-26(32-25)33-27(37)30-20-28(11-3-2-4-12-28)22-7-9-23(29)10-8-22/h7-10,18,21H,2-6,11-17,19-20H2,1H3,(H2,30,31,32,33,37). The summed E-state index contributed by atoms with van der Waals surface area (Å²) in [7, 11) is 0. The van der Waals surface area contributed by atoms with Crippen LogP contribution in [0.5, 0.6) is 0 Å². The van der Waals surface area contributed by atoms with E-state index in [-0.39, 0.29) is 5.41 Å². The predicted octanol–water partition coefficient (Wildman–Crippen LogP) is 5.39. The molecule has 2 aromatic rings. The van der Waals surface area contributed by atoms with Crippen molar-refractivity contribution in [2.75, 3.05) is 61.1 Å². The lowest BCUT2D eigenvalue weighted by molar-refractivity contribution is 0.122. The van der Waals surface area contributed by atoms with Gasteiger partial charge in [-0.2, -0.15) is 9.97 Å². The fourth-order valence-electron chi connectivity index (χ4n) is 5.99. The molecule has 200 valence electrons. The zero-order valence-electron chi connectivity index (χ0n) is 21.8. The molecular weight excluding hydrogens is 504 g/mol. The zero-order chi connectivity index (χ0) is 25.7. The van der Waals surface area contributed by atoms with Crippen LogP contribution in [-0.4, -0.2) is 61.0 Å². The van der Waals surface area contributed by atoms with Crippen LogP contribution < -0.4 is 20.4 Å². The van der Waals surface area contributed by atoms with E-state index in [0.717, 1.165) is 75.4 Å². The van der Waals surface area contributed by atoms with Gasteiger partial charge in [0.15, 0.2) is 5.11 Å². The SMILES string of the molecule is CC1CCCN(c2cc(N3CCOCC3)nc(NC(=S)NCC3(c4ccc(Cl)cc4)CCCCC3)n2)C1. The van der Waals surface area contributed by atoms with E-state index in [1.54, 1.807) is 0 Å². The van der Waals surface area contributed by atoms with Gasteiger partial charge in [0, 0.05) is 49.2 Å². The molecule has 1 aromatic heterocycles. The molecule has 3 aliphatic rings. The smallest absolute Gasteiger partial charge is 0.232 e. The number of rotatable bonds is 6. The van der Waals surface area contributed by atoms with E-state index in [0.29, 0.717) is 17.0 Å². The normalized spacial score (nSPS) is 21.9. The fraction of sp³-hybridized carbons (Fsp3) is 0.607. The summed E-state index contributed by atoms with van der Waals surface area (Å²) in [4.78, 5) is 14.4. The second kappa shape index (κ2) is 12.1. The topological polar surface area (TPSA) is 65.6 Å². The molecule has 9 heteroatoms. The first-order valence-electron chi connectivity index (χ1n) is 13.8. The lowest BCUT2D eigenvalue weighted by Crippen LogP contribution is -2.44. The van der Waals surface area contributed by atoms with E-state index in [1.807, 2.05) is 12.1 Å². The lowest BCUT2D eigenvalue weighted by atomic mass is 9.69. The molecule has 2 saturated heterocycles. The largest absolute Gasteiger partial charge is 0.378 e. The van der Waals surface area contributed by atoms with Gasteiger partial charge >= 0.3 is 0 Å². The minimum atomic E-state index is 0.0557. The monoisotopic (exact) mass is 542 g/mol. The van der Waals surface area contributed by atoms with Crippen molar-refractivity contribution in [3.63, 3.8) is 0 Å². The third-order valence-electron chi connectivity index (χ3n) is 8.10. The van der Waals surface area contributed by atoms with Crippen LogP contribution in [0.2, 0.25) is 5.02 Å². The van der Waals surface area contributed by atoms with Gasteiger partial charge in [0.1, 0.15) is 11.6 Å². The fourth-order valence-corrected chi connectivity index (χ4v) is 6.28. The molecule has 2 N–H and O–H groups in total. The van der Waals surface area contributed by atoms with E-state index in [4.69, 9.17) is 38.5 Å². The molecule has 0 radical (unpaired) electrons. The first kappa shape index (κ1) is 26.4. The number of hydrogen-bond acceptors (Lipinski definition) is 6. The van der Waals surface area contributed by atoms with Crippen molar-refractivity contribution in [2.24, 2.45) is 5.92 Å². The molecule has 0 amide bonds. The highest BCUT2D eigenvalue weighted by atomic mass is 35.5. The summed E-state index contributed by atoms with van der Waals surface area (Å²) < 4.78 is 5.57. The molecule has 7 nitrogen and oxygen atoms in total. The lowest BCUT2D eigenvalue weighted by Gasteiger charge is -2.38. The molecule has 1 saturated carbocycles. The third kappa shape index (κ3) is 6.65. The van der Waals surface area contributed by atoms with E-state index < -0.39 is 0 Å². The summed E-state index contributed by atoms with van der Waals surface area (Å²) in [6, 6.07) is 10.5. The summed E-state index contributed by atoms with van der Waals surface area (Å²) in [5.74, 6) is 3.12. The van der Waals surface area contributed by atoms with Crippen LogP contribution in [0.1, 0.15) is 57.4 Å². The summed E-state index contributed by atoms with van der Waals surface area (Å²) in [5, 5.41) is 8.18. The van der Waals surface area contributed by atoms with Gasteiger partial charge in [0.05, 0.1) is 13.2 Å². The molecule has 1 unspecified atom stereocenters. The van der Waals surface area contributed by atoms with Crippen molar-refractivity contribution in [1.29, 1.82) is 0 Å². The van der Waals surface area contributed by atoms with Crippen molar-refractivity contribution in [1.82, 2.24) is 15.3 Å². The summed E-state index contributed by atoms with van der Waals surface area (Å²) in [5.41, 5.74) is 1.39. The Kier molecular flexibility index (Phi) is 8.67. The van der Waals surface area contributed by atoms with Crippen LogP contribution in [0.15, 0.2) is 30.3 Å². The van der Waals surface area contributed by atoms with Gasteiger partial charge in [-0.1, -0.05) is 49.9 Å². The maximum Gasteiger partial charge on any atom is 0.232 e. The number of halogens is 1. The quantitative estimate of drug-likeness (QED) is 0.471. The summed E-state index contributed by atoms with van der Waals surface area (Å²) in [6.45, 7) is 8.24. The predicted molar refractivity (Wildman–Crippen MR) is 156 cm³/mol. The molecule has 3 heterocycles. The molecule has 1 aliphatic carbocycles. The maximum absolute atomic E-state index is 6.19. The molecule has 1 atom stereocenters. The molecule has 37 heavy (non-hydrogen) atoms. The van der Waals surface area contributed by atoms with Crippen molar-refractivity contribution >= 4 is 46.5 Å². The number of ether oxygens (including phenoxy) is 1.